The molecule has 3 N–H and O–H groups in total. The molecule has 2 aromatic rings. The average molecular weight is 434 g/mol. The van der Waals surface area contributed by atoms with Gasteiger partial charge in [0.1, 0.15) is 5.82 Å². The Morgan fingerprint density at radius 3 is 2.47 bits per heavy atom. The van der Waals surface area contributed by atoms with Crippen molar-refractivity contribution < 1.29 is 17.6 Å². The first-order valence-corrected chi connectivity index (χ1v) is 11.6. The first-order valence-electron chi connectivity index (χ1n) is 10.1. The molecular weight excluding hydrogens is 405 g/mol. The van der Waals surface area contributed by atoms with Gasteiger partial charge in [0.25, 0.3) is 5.91 Å². The molecule has 0 bridgehead atoms. The highest BCUT2D eigenvalue weighted by molar-refractivity contribution is 7.89. The Hall–Kier alpha value is -2.29. The van der Waals surface area contributed by atoms with E-state index < -0.39 is 21.7 Å². The lowest BCUT2D eigenvalue weighted by atomic mass is 9.92. The van der Waals surface area contributed by atoms with E-state index in [0.717, 1.165) is 37.6 Å². The summed E-state index contributed by atoms with van der Waals surface area (Å²) in [5.74, 6) is -1.00. The van der Waals surface area contributed by atoms with Gasteiger partial charge in [-0.2, -0.15) is 0 Å². The highest BCUT2D eigenvalue weighted by Crippen LogP contribution is 2.26. The minimum Gasteiger partial charge on any atom is -0.319 e. The van der Waals surface area contributed by atoms with Crippen molar-refractivity contribution in [1.29, 1.82) is 0 Å². The molecule has 6 nitrogen and oxygen atoms in total. The summed E-state index contributed by atoms with van der Waals surface area (Å²) in [6.07, 6.45) is 1.78. The number of halogens is 1. The molecule has 0 aromatic heterocycles. The van der Waals surface area contributed by atoms with Crippen molar-refractivity contribution in [3.63, 3.8) is 0 Å². The summed E-state index contributed by atoms with van der Waals surface area (Å²) in [7, 11) is -3.89. The molecule has 1 atom stereocenters. The molecule has 8 heteroatoms. The van der Waals surface area contributed by atoms with E-state index in [1.165, 1.54) is 6.07 Å². The van der Waals surface area contributed by atoms with Gasteiger partial charge in [0.2, 0.25) is 10.0 Å². The standard InChI is InChI=1S/C22H28FN3O3S/c1-14-6-4-5-7-18(14)22(27)25-20-12-15(2)21(13-19(20)23)30(28,29)26-16(3)17-8-10-24-11-9-17/h4-7,12-13,16-17,24,26H,8-11H2,1-3H3,(H,25,27). The zero-order chi connectivity index (χ0) is 21.9. The van der Waals surface area contributed by atoms with Crippen LogP contribution in [0.3, 0.4) is 0 Å². The Bertz CT molecular complexity index is 1030. The molecule has 162 valence electrons. The number of piperidine rings is 1. The van der Waals surface area contributed by atoms with Gasteiger partial charge >= 0.3 is 0 Å². The SMILES string of the molecule is Cc1ccccc1C(=O)Nc1cc(C)c(S(=O)(=O)NC(C)C2CCNCC2)cc1F. The van der Waals surface area contributed by atoms with Crippen LogP contribution in [0.2, 0.25) is 0 Å². The second-order valence-corrected chi connectivity index (χ2v) is 9.55. The molecule has 0 spiro atoms. The Balaban J connectivity index is 1.79. The number of sulfonamides is 1. The number of hydrogen-bond acceptors (Lipinski definition) is 4. The van der Waals surface area contributed by atoms with Crippen LogP contribution in [-0.4, -0.2) is 33.5 Å². The minimum atomic E-state index is -3.89. The number of carbonyl (C=O) groups excluding carboxylic acids is 1. The smallest absolute Gasteiger partial charge is 0.256 e. The van der Waals surface area contributed by atoms with E-state index in [2.05, 4.69) is 15.4 Å². The van der Waals surface area contributed by atoms with Crippen LogP contribution in [0.4, 0.5) is 10.1 Å². The third-order valence-corrected chi connectivity index (χ3v) is 7.32. The molecule has 1 fully saturated rings. The molecule has 1 unspecified atom stereocenters. The molecule has 1 aliphatic rings. The third-order valence-electron chi connectivity index (χ3n) is 5.62. The van der Waals surface area contributed by atoms with Crippen LogP contribution < -0.4 is 15.4 Å². The topological polar surface area (TPSA) is 87.3 Å². The predicted octanol–water partition coefficient (Wildman–Crippen LogP) is 3.36. The summed E-state index contributed by atoms with van der Waals surface area (Å²) in [5, 5.41) is 5.80. The maximum absolute atomic E-state index is 14.7. The van der Waals surface area contributed by atoms with Crippen LogP contribution in [0.1, 0.15) is 41.3 Å². The van der Waals surface area contributed by atoms with Crippen molar-refractivity contribution >= 4 is 21.6 Å². The molecule has 1 aliphatic heterocycles. The molecule has 0 radical (unpaired) electrons. The lowest BCUT2D eigenvalue weighted by Crippen LogP contribution is -2.42. The van der Waals surface area contributed by atoms with Crippen LogP contribution in [0.25, 0.3) is 0 Å². The van der Waals surface area contributed by atoms with Gasteiger partial charge in [-0.3, -0.25) is 4.79 Å². The monoisotopic (exact) mass is 433 g/mol. The van der Waals surface area contributed by atoms with E-state index in [1.807, 2.05) is 13.0 Å². The van der Waals surface area contributed by atoms with Gasteiger partial charge in [-0.25, -0.2) is 17.5 Å². The van der Waals surface area contributed by atoms with Crippen LogP contribution in [-0.2, 0) is 10.0 Å². The molecule has 0 aliphatic carbocycles. The van der Waals surface area contributed by atoms with Crippen molar-refractivity contribution in [3.05, 3.63) is 58.9 Å². The lowest BCUT2D eigenvalue weighted by Gasteiger charge is -2.28. The Labute approximate surface area is 177 Å². The molecule has 1 amide bonds. The van der Waals surface area contributed by atoms with Gasteiger partial charge in [0, 0.05) is 11.6 Å². The first-order chi connectivity index (χ1) is 14.2. The number of nitrogens with one attached hydrogen (secondary N) is 3. The average Bonchev–Trinajstić information content (AvgIpc) is 2.71. The number of anilines is 1. The number of amides is 1. The van der Waals surface area contributed by atoms with Crippen LogP contribution >= 0.6 is 0 Å². The summed E-state index contributed by atoms with van der Waals surface area (Å²) in [5.41, 5.74) is 1.51. The Morgan fingerprint density at radius 1 is 1.13 bits per heavy atom. The molecule has 2 aromatic carbocycles. The van der Waals surface area contributed by atoms with Crippen molar-refractivity contribution in [3.8, 4) is 0 Å². The molecule has 0 saturated carbocycles. The van der Waals surface area contributed by atoms with E-state index >= 15 is 0 Å². The van der Waals surface area contributed by atoms with E-state index in [-0.39, 0.29) is 22.5 Å². The molecule has 1 heterocycles. The normalized spacial score (nSPS) is 16.3. The number of carbonyl (C=O) groups is 1. The first kappa shape index (κ1) is 22.4. The second-order valence-electron chi connectivity index (χ2n) is 7.86. The van der Waals surface area contributed by atoms with E-state index in [0.29, 0.717) is 11.1 Å². The predicted molar refractivity (Wildman–Crippen MR) is 116 cm³/mol. The van der Waals surface area contributed by atoms with E-state index in [9.17, 15) is 17.6 Å². The van der Waals surface area contributed by atoms with Crippen molar-refractivity contribution in [1.82, 2.24) is 10.0 Å². The highest BCUT2D eigenvalue weighted by Gasteiger charge is 2.27. The van der Waals surface area contributed by atoms with Crippen molar-refractivity contribution in [2.75, 3.05) is 18.4 Å². The Kier molecular flexibility index (Phi) is 6.90. The fraction of sp³-hybridized carbons (Fsp3) is 0.409. The van der Waals surface area contributed by atoms with Crippen LogP contribution in [0, 0.1) is 25.6 Å². The van der Waals surface area contributed by atoms with Crippen LogP contribution in [0.15, 0.2) is 41.3 Å². The number of rotatable bonds is 6. The number of benzene rings is 2. The summed E-state index contributed by atoms with van der Waals surface area (Å²) in [6, 6.07) is 9.07. The molecular formula is C22H28FN3O3S. The van der Waals surface area contributed by atoms with E-state index in [1.54, 1.807) is 32.0 Å². The van der Waals surface area contributed by atoms with Gasteiger partial charge in [0.05, 0.1) is 10.6 Å². The summed E-state index contributed by atoms with van der Waals surface area (Å²) in [6.45, 7) is 6.95. The third kappa shape index (κ3) is 5.06. The fourth-order valence-corrected chi connectivity index (χ4v) is 5.36. The lowest BCUT2D eigenvalue weighted by molar-refractivity contribution is 0.102. The van der Waals surface area contributed by atoms with Gasteiger partial charge in [-0.15, -0.1) is 0 Å². The molecule has 30 heavy (non-hydrogen) atoms. The minimum absolute atomic E-state index is 0.0499. The van der Waals surface area contributed by atoms with Gasteiger partial charge in [-0.1, -0.05) is 18.2 Å². The maximum atomic E-state index is 14.7. The molecule has 3 rings (SSSR count). The van der Waals surface area contributed by atoms with Crippen molar-refractivity contribution in [2.45, 2.75) is 44.6 Å². The van der Waals surface area contributed by atoms with Crippen LogP contribution in [0.5, 0.6) is 0 Å². The quantitative estimate of drug-likeness (QED) is 0.652. The van der Waals surface area contributed by atoms with Gasteiger partial charge < -0.3 is 10.6 Å². The van der Waals surface area contributed by atoms with Gasteiger partial charge in [-0.05, 0) is 81.9 Å². The maximum Gasteiger partial charge on any atom is 0.256 e. The largest absolute Gasteiger partial charge is 0.319 e. The van der Waals surface area contributed by atoms with Crippen molar-refractivity contribution in [2.24, 2.45) is 5.92 Å². The summed E-state index contributed by atoms with van der Waals surface area (Å²) >= 11 is 0. The fourth-order valence-electron chi connectivity index (χ4n) is 3.81. The summed E-state index contributed by atoms with van der Waals surface area (Å²) in [4.78, 5) is 12.4. The van der Waals surface area contributed by atoms with E-state index in [4.69, 9.17) is 0 Å². The number of aryl methyl sites for hydroxylation is 2. The Morgan fingerprint density at radius 2 is 1.80 bits per heavy atom. The second kappa shape index (κ2) is 9.24. The number of hydrogen-bond donors (Lipinski definition) is 3. The zero-order valence-electron chi connectivity index (χ0n) is 17.5. The summed E-state index contributed by atoms with van der Waals surface area (Å²) < 4.78 is 43.2. The molecule has 1 saturated heterocycles. The zero-order valence-corrected chi connectivity index (χ0v) is 18.3. The highest BCUT2D eigenvalue weighted by atomic mass is 32.2. The van der Waals surface area contributed by atoms with Gasteiger partial charge in [0.15, 0.2) is 0 Å².